The first kappa shape index (κ1) is 17.5. The lowest BCUT2D eigenvalue weighted by atomic mass is 10.1. The van der Waals surface area contributed by atoms with Crippen molar-refractivity contribution in [2.45, 2.75) is 65.2 Å². The quantitative estimate of drug-likeness (QED) is 0.582. The summed E-state index contributed by atoms with van der Waals surface area (Å²) in [6.07, 6.45) is 9.42. The molecule has 0 aromatic carbocycles. The summed E-state index contributed by atoms with van der Waals surface area (Å²) in [5.74, 6) is 0. The van der Waals surface area contributed by atoms with Gasteiger partial charge in [-0.25, -0.2) is 0 Å². The van der Waals surface area contributed by atoms with Gasteiger partial charge in [-0.3, -0.25) is 0 Å². The van der Waals surface area contributed by atoms with Crippen LogP contribution in [0.2, 0.25) is 0 Å². The largest absolute Gasteiger partial charge is 0.403 e. The zero-order chi connectivity index (χ0) is 12.8. The van der Waals surface area contributed by atoms with E-state index in [0.717, 1.165) is 24.2 Å². The van der Waals surface area contributed by atoms with Gasteiger partial charge in [0.05, 0.1) is 0 Å². The summed E-state index contributed by atoms with van der Waals surface area (Å²) < 4.78 is 0. The van der Waals surface area contributed by atoms with Crippen molar-refractivity contribution in [2.24, 2.45) is 11.5 Å². The van der Waals surface area contributed by atoms with Gasteiger partial charge in [-0.2, -0.15) is 0 Å². The predicted molar refractivity (Wildman–Crippen MR) is 74.9 cm³/mol. The van der Waals surface area contributed by atoms with E-state index in [1.54, 1.807) is 0 Å². The van der Waals surface area contributed by atoms with Crippen LogP contribution in [0.1, 0.15) is 65.2 Å². The van der Waals surface area contributed by atoms with E-state index in [0.29, 0.717) is 0 Å². The number of allylic oxidation sites excluding steroid dienone is 2. The molecule has 96 valence electrons. The molecule has 0 amide bonds. The van der Waals surface area contributed by atoms with Crippen LogP contribution in [0.3, 0.4) is 0 Å². The zero-order valence-corrected chi connectivity index (χ0v) is 11.2. The lowest BCUT2D eigenvalue weighted by molar-refractivity contribution is 0.591. The molecule has 0 bridgehead atoms. The topological polar surface area (TPSA) is 52.0 Å². The SMILES string of the molecule is C=C(N)CCCCCCCCC(=C)N.CC. The Kier molecular flexibility index (Phi) is 15.4. The van der Waals surface area contributed by atoms with Crippen LogP contribution < -0.4 is 11.5 Å². The van der Waals surface area contributed by atoms with Gasteiger partial charge in [0.1, 0.15) is 0 Å². The highest BCUT2D eigenvalue weighted by atomic mass is 14.6. The summed E-state index contributed by atoms with van der Waals surface area (Å²) in [5.41, 5.74) is 12.6. The summed E-state index contributed by atoms with van der Waals surface area (Å²) in [6.45, 7) is 11.4. The fourth-order valence-corrected chi connectivity index (χ4v) is 1.41. The molecule has 0 aliphatic carbocycles. The lowest BCUT2D eigenvalue weighted by Gasteiger charge is -2.02. The highest BCUT2D eigenvalue weighted by Crippen LogP contribution is 2.10. The molecule has 4 N–H and O–H groups in total. The van der Waals surface area contributed by atoms with Crippen LogP contribution in [0.15, 0.2) is 24.6 Å². The molecule has 0 saturated heterocycles. The first-order valence-corrected chi connectivity index (χ1v) is 6.49. The van der Waals surface area contributed by atoms with Gasteiger partial charge in [0.25, 0.3) is 0 Å². The number of hydrogen-bond donors (Lipinski definition) is 2. The summed E-state index contributed by atoms with van der Waals surface area (Å²) in [5, 5.41) is 0. The monoisotopic (exact) mass is 226 g/mol. The summed E-state index contributed by atoms with van der Waals surface area (Å²) in [7, 11) is 0. The van der Waals surface area contributed by atoms with Gasteiger partial charge in [0.15, 0.2) is 0 Å². The van der Waals surface area contributed by atoms with Gasteiger partial charge < -0.3 is 11.5 Å². The van der Waals surface area contributed by atoms with Crippen molar-refractivity contribution < 1.29 is 0 Å². The van der Waals surface area contributed by atoms with E-state index in [1.807, 2.05) is 13.8 Å². The van der Waals surface area contributed by atoms with Crippen molar-refractivity contribution >= 4 is 0 Å². The first-order chi connectivity index (χ1) is 7.63. The van der Waals surface area contributed by atoms with Crippen molar-refractivity contribution in [3.8, 4) is 0 Å². The highest BCUT2D eigenvalue weighted by molar-refractivity contribution is 4.85. The molecule has 0 rings (SSSR count). The number of unbranched alkanes of at least 4 members (excludes halogenated alkanes) is 5. The summed E-state index contributed by atoms with van der Waals surface area (Å²) >= 11 is 0. The standard InChI is InChI=1S/C12H24N2.C2H6/c1-11(13)9-7-5-3-4-6-8-10-12(2)14;1-2/h1-10,13-14H2;1-2H3. The molecule has 16 heavy (non-hydrogen) atoms. The minimum absolute atomic E-state index is 0.810. The van der Waals surface area contributed by atoms with Crippen LogP contribution in [0.5, 0.6) is 0 Å². The average Bonchev–Trinajstić information content (AvgIpc) is 2.24. The van der Waals surface area contributed by atoms with Crippen LogP contribution in [0.25, 0.3) is 0 Å². The molecular formula is C14H30N2. The number of nitrogens with two attached hydrogens (primary N) is 2. The third-order valence-electron chi connectivity index (χ3n) is 2.25. The Labute approximate surface area is 102 Å². The fraction of sp³-hybridized carbons (Fsp3) is 0.714. The molecule has 0 aliphatic rings. The normalized spacial score (nSPS) is 9.12. The Morgan fingerprint density at radius 2 is 0.938 bits per heavy atom. The van der Waals surface area contributed by atoms with Crippen molar-refractivity contribution in [1.82, 2.24) is 0 Å². The molecule has 0 saturated carbocycles. The lowest BCUT2D eigenvalue weighted by Crippen LogP contribution is -1.94. The molecule has 0 radical (unpaired) electrons. The van der Waals surface area contributed by atoms with Crippen molar-refractivity contribution in [2.75, 3.05) is 0 Å². The Morgan fingerprint density at radius 3 is 1.19 bits per heavy atom. The molecule has 2 nitrogen and oxygen atoms in total. The van der Waals surface area contributed by atoms with Crippen LogP contribution >= 0.6 is 0 Å². The van der Waals surface area contributed by atoms with E-state index in [4.69, 9.17) is 11.5 Å². The summed E-state index contributed by atoms with van der Waals surface area (Å²) in [4.78, 5) is 0. The van der Waals surface area contributed by atoms with Crippen LogP contribution in [-0.2, 0) is 0 Å². The van der Waals surface area contributed by atoms with Gasteiger partial charge in [0, 0.05) is 11.4 Å². The molecule has 2 heteroatoms. The smallest absolute Gasteiger partial charge is 0.000744 e. The molecule has 0 aromatic rings. The second kappa shape index (κ2) is 14.1. The Morgan fingerprint density at radius 1 is 0.688 bits per heavy atom. The molecule has 0 aromatic heterocycles. The van der Waals surface area contributed by atoms with Crippen LogP contribution in [-0.4, -0.2) is 0 Å². The predicted octanol–water partition coefficient (Wildman–Crippen LogP) is 4.08. The maximum atomic E-state index is 5.47. The van der Waals surface area contributed by atoms with E-state index in [1.165, 1.54) is 38.5 Å². The van der Waals surface area contributed by atoms with Gasteiger partial charge >= 0.3 is 0 Å². The van der Waals surface area contributed by atoms with E-state index < -0.39 is 0 Å². The van der Waals surface area contributed by atoms with Crippen molar-refractivity contribution in [1.29, 1.82) is 0 Å². The molecule has 0 heterocycles. The first-order valence-electron chi connectivity index (χ1n) is 6.49. The van der Waals surface area contributed by atoms with Gasteiger partial charge in [-0.1, -0.05) is 52.7 Å². The van der Waals surface area contributed by atoms with E-state index in [-0.39, 0.29) is 0 Å². The van der Waals surface area contributed by atoms with E-state index in [9.17, 15) is 0 Å². The minimum Gasteiger partial charge on any atom is -0.403 e. The number of rotatable bonds is 9. The second-order valence-electron chi connectivity index (χ2n) is 3.94. The van der Waals surface area contributed by atoms with Crippen molar-refractivity contribution in [3.05, 3.63) is 24.6 Å². The van der Waals surface area contributed by atoms with Gasteiger partial charge in [-0.05, 0) is 25.7 Å². The minimum atomic E-state index is 0.810. The highest BCUT2D eigenvalue weighted by Gasteiger charge is 1.92. The maximum Gasteiger partial charge on any atom is 0.000744 e. The third kappa shape index (κ3) is 18.8. The molecule has 0 atom stereocenters. The van der Waals surface area contributed by atoms with Gasteiger partial charge in [-0.15, -0.1) is 0 Å². The Bertz CT molecular complexity index is 154. The van der Waals surface area contributed by atoms with E-state index >= 15 is 0 Å². The molecular weight excluding hydrogens is 196 g/mol. The Balaban J connectivity index is 0. The fourth-order valence-electron chi connectivity index (χ4n) is 1.41. The number of hydrogen-bond acceptors (Lipinski definition) is 2. The van der Waals surface area contributed by atoms with Crippen LogP contribution in [0, 0.1) is 0 Å². The molecule has 0 fully saturated rings. The summed E-state index contributed by atoms with van der Waals surface area (Å²) in [6, 6.07) is 0. The maximum absolute atomic E-state index is 5.47. The third-order valence-corrected chi connectivity index (χ3v) is 2.25. The Hall–Kier alpha value is -0.920. The average molecular weight is 226 g/mol. The molecule has 0 aliphatic heterocycles. The van der Waals surface area contributed by atoms with E-state index in [2.05, 4.69) is 13.2 Å². The van der Waals surface area contributed by atoms with Gasteiger partial charge in [0.2, 0.25) is 0 Å². The second-order valence-corrected chi connectivity index (χ2v) is 3.94. The molecule has 0 spiro atoms. The molecule has 0 unspecified atom stereocenters. The van der Waals surface area contributed by atoms with Crippen LogP contribution in [0.4, 0.5) is 0 Å². The zero-order valence-electron chi connectivity index (χ0n) is 11.2. The van der Waals surface area contributed by atoms with Crippen molar-refractivity contribution in [3.63, 3.8) is 0 Å².